The summed E-state index contributed by atoms with van der Waals surface area (Å²) >= 11 is 0. The van der Waals surface area contributed by atoms with Gasteiger partial charge in [-0.2, -0.15) is 0 Å². The third-order valence-electron chi connectivity index (χ3n) is 5.02. The van der Waals surface area contributed by atoms with Gasteiger partial charge in [-0.15, -0.1) is 0 Å². The molecule has 1 heterocycles. The summed E-state index contributed by atoms with van der Waals surface area (Å²) in [5, 5.41) is 3.72. The van der Waals surface area contributed by atoms with Crippen LogP contribution in [0, 0.1) is 11.3 Å². The largest absolute Gasteiger partial charge is 0.314 e. The van der Waals surface area contributed by atoms with Crippen molar-refractivity contribution in [1.82, 2.24) is 10.2 Å². The molecule has 1 rings (SSSR count). The lowest BCUT2D eigenvalue weighted by atomic mass is 9.80. The molecule has 4 atom stereocenters. The molecule has 18 heavy (non-hydrogen) atoms. The van der Waals surface area contributed by atoms with Gasteiger partial charge in [-0.25, -0.2) is 0 Å². The standard InChI is InChI=1S/C16H34N2/c1-8-10-17-15-9-11-18(13(3)12(15)2)14(4)16(5,6)7/h12-15,17H,8-11H2,1-7H3. The van der Waals surface area contributed by atoms with Crippen molar-refractivity contribution in [2.75, 3.05) is 13.1 Å². The van der Waals surface area contributed by atoms with Crippen LogP contribution in [-0.4, -0.2) is 36.1 Å². The number of rotatable bonds is 4. The molecule has 1 aliphatic rings. The Bertz CT molecular complexity index is 244. The number of hydrogen-bond acceptors (Lipinski definition) is 2. The van der Waals surface area contributed by atoms with Gasteiger partial charge in [0.25, 0.3) is 0 Å². The number of nitrogens with zero attached hydrogens (tertiary/aromatic N) is 1. The predicted molar refractivity (Wildman–Crippen MR) is 80.9 cm³/mol. The van der Waals surface area contributed by atoms with Crippen LogP contribution in [0.5, 0.6) is 0 Å². The highest BCUT2D eigenvalue weighted by Gasteiger charge is 2.37. The molecule has 0 bridgehead atoms. The monoisotopic (exact) mass is 254 g/mol. The van der Waals surface area contributed by atoms with Crippen molar-refractivity contribution in [1.29, 1.82) is 0 Å². The molecule has 0 radical (unpaired) electrons. The summed E-state index contributed by atoms with van der Waals surface area (Å²) in [6.07, 6.45) is 2.53. The van der Waals surface area contributed by atoms with Crippen molar-refractivity contribution in [3.05, 3.63) is 0 Å². The Morgan fingerprint density at radius 1 is 1.28 bits per heavy atom. The minimum Gasteiger partial charge on any atom is -0.314 e. The molecule has 0 spiro atoms. The van der Waals surface area contributed by atoms with Gasteiger partial charge in [0.1, 0.15) is 0 Å². The van der Waals surface area contributed by atoms with Gasteiger partial charge in [0.05, 0.1) is 0 Å². The van der Waals surface area contributed by atoms with Gasteiger partial charge in [-0.1, -0.05) is 34.6 Å². The molecule has 4 unspecified atom stereocenters. The van der Waals surface area contributed by atoms with E-state index in [1.165, 1.54) is 19.4 Å². The van der Waals surface area contributed by atoms with Crippen LogP contribution in [0.1, 0.15) is 61.3 Å². The maximum absolute atomic E-state index is 3.72. The van der Waals surface area contributed by atoms with Crippen LogP contribution in [0.3, 0.4) is 0 Å². The van der Waals surface area contributed by atoms with Gasteiger partial charge < -0.3 is 5.32 Å². The van der Waals surface area contributed by atoms with Crippen LogP contribution in [0.4, 0.5) is 0 Å². The Morgan fingerprint density at radius 3 is 2.39 bits per heavy atom. The van der Waals surface area contributed by atoms with Crippen molar-refractivity contribution < 1.29 is 0 Å². The molecule has 1 fully saturated rings. The molecule has 2 nitrogen and oxygen atoms in total. The average molecular weight is 254 g/mol. The van der Waals surface area contributed by atoms with E-state index in [1.807, 2.05) is 0 Å². The molecule has 0 aromatic heterocycles. The molecule has 1 N–H and O–H groups in total. The molecule has 0 saturated carbocycles. The van der Waals surface area contributed by atoms with E-state index in [2.05, 4.69) is 58.7 Å². The molecular weight excluding hydrogens is 220 g/mol. The minimum atomic E-state index is 0.373. The van der Waals surface area contributed by atoms with E-state index in [0.29, 0.717) is 23.5 Å². The van der Waals surface area contributed by atoms with E-state index in [4.69, 9.17) is 0 Å². The van der Waals surface area contributed by atoms with Gasteiger partial charge in [0, 0.05) is 24.7 Å². The molecular formula is C16H34N2. The maximum Gasteiger partial charge on any atom is 0.0120 e. The fraction of sp³-hybridized carbons (Fsp3) is 1.00. The molecule has 1 saturated heterocycles. The summed E-state index contributed by atoms with van der Waals surface area (Å²) < 4.78 is 0. The van der Waals surface area contributed by atoms with Crippen LogP contribution < -0.4 is 5.32 Å². The number of nitrogens with one attached hydrogen (secondary N) is 1. The minimum absolute atomic E-state index is 0.373. The van der Waals surface area contributed by atoms with Crippen molar-refractivity contribution >= 4 is 0 Å². The second-order valence-corrected chi connectivity index (χ2v) is 7.23. The van der Waals surface area contributed by atoms with Crippen LogP contribution in [0.25, 0.3) is 0 Å². The first-order chi connectivity index (χ1) is 8.29. The van der Waals surface area contributed by atoms with Gasteiger partial charge in [-0.3, -0.25) is 4.90 Å². The van der Waals surface area contributed by atoms with Gasteiger partial charge in [0.2, 0.25) is 0 Å². The van der Waals surface area contributed by atoms with Crippen LogP contribution in [0.15, 0.2) is 0 Å². The number of piperidine rings is 1. The molecule has 0 aliphatic carbocycles. The first-order valence-corrected chi connectivity index (χ1v) is 7.78. The van der Waals surface area contributed by atoms with Crippen LogP contribution in [0.2, 0.25) is 0 Å². The highest BCUT2D eigenvalue weighted by atomic mass is 15.2. The van der Waals surface area contributed by atoms with Crippen LogP contribution in [-0.2, 0) is 0 Å². The normalized spacial score (nSPS) is 32.5. The summed E-state index contributed by atoms with van der Waals surface area (Å²) in [6, 6.07) is 2.05. The smallest absolute Gasteiger partial charge is 0.0120 e. The maximum atomic E-state index is 3.72. The second-order valence-electron chi connectivity index (χ2n) is 7.23. The zero-order chi connectivity index (χ0) is 13.9. The predicted octanol–water partition coefficient (Wildman–Crippen LogP) is 3.52. The zero-order valence-electron chi connectivity index (χ0n) is 13.6. The first kappa shape index (κ1) is 16.0. The van der Waals surface area contributed by atoms with Gasteiger partial charge in [-0.05, 0) is 44.6 Å². The van der Waals surface area contributed by atoms with Crippen LogP contribution >= 0.6 is 0 Å². The Balaban J connectivity index is 2.63. The summed E-state index contributed by atoms with van der Waals surface area (Å²) in [4.78, 5) is 2.72. The summed E-state index contributed by atoms with van der Waals surface area (Å²) in [5.74, 6) is 0.745. The van der Waals surface area contributed by atoms with Crippen molar-refractivity contribution in [3.63, 3.8) is 0 Å². The molecule has 1 aliphatic heterocycles. The quantitative estimate of drug-likeness (QED) is 0.826. The highest BCUT2D eigenvalue weighted by Crippen LogP contribution is 2.32. The molecule has 0 aromatic rings. The summed E-state index contributed by atoms with van der Waals surface area (Å²) in [7, 11) is 0. The Kier molecular flexibility index (Phi) is 5.67. The molecule has 0 aromatic carbocycles. The van der Waals surface area contributed by atoms with E-state index in [-0.39, 0.29) is 0 Å². The highest BCUT2D eigenvalue weighted by molar-refractivity contribution is 4.93. The van der Waals surface area contributed by atoms with E-state index in [0.717, 1.165) is 12.5 Å². The topological polar surface area (TPSA) is 15.3 Å². The fourth-order valence-electron chi connectivity index (χ4n) is 3.05. The lowest BCUT2D eigenvalue weighted by molar-refractivity contribution is 0.0113. The average Bonchev–Trinajstić information content (AvgIpc) is 2.29. The van der Waals surface area contributed by atoms with E-state index < -0.39 is 0 Å². The summed E-state index contributed by atoms with van der Waals surface area (Å²) in [6.45, 7) is 18.9. The molecule has 108 valence electrons. The van der Waals surface area contributed by atoms with Gasteiger partial charge >= 0.3 is 0 Å². The number of likely N-dealkylation sites (tertiary alicyclic amines) is 1. The van der Waals surface area contributed by atoms with Gasteiger partial charge in [0.15, 0.2) is 0 Å². The second kappa shape index (κ2) is 6.38. The third kappa shape index (κ3) is 3.71. The lowest BCUT2D eigenvalue weighted by Gasteiger charge is -2.49. The first-order valence-electron chi connectivity index (χ1n) is 7.78. The molecule has 2 heteroatoms. The van der Waals surface area contributed by atoms with E-state index >= 15 is 0 Å². The summed E-state index contributed by atoms with van der Waals surface area (Å²) in [5.41, 5.74) is 0.373. The molecule has 0 amide bonds. The fourth-order valence-corrected chi connectivity index (χ4v) is 3.05. The lowest BCUT2D eigenvalue weighted by Crippen LogP contribution is -2.58. The zero-order valence-corrected chi connectivity index (χ0v) is 13.6. The van der Waals surface area contributed by atoms with E-state index in [1.54, 1.807) is 0 Å². The Hall–Kier alpha value is -0.0800. The van der Waals surface area contributed by atoms with Crippen molar-refractivity contribution in [2.24, 2.45) is 11.3 Å². The Morgan fingerprint density at radius 2 is 1.89 bits per heavy atom. The van der Waals surface area contributed by atoms with Crippen molar-refractivity contribution in [2.45, 2.75) is 79.4 Å². The number of hydrogen-bond donors (Lipinski definition) is 1. The SMILES string of the molecule is CCCNC1CCN(C(C)C(C)(C)C)C(C)C1C. The Labute approximate surface area is 115 Å². The van der Waals surface area contributed by atoms with Crippen molar-refractivity contribution in [3.8, 4) is 0 Å². The third-order valence-corrected chi connectivity index (χ3v) is 5.02. The van der Waals surface area contributed by atoms with E-state index in [9.17, 15) is 0 Å².